The Kier molecular flexibility index (Phi) is 9.54. The van der Waals surface area contributed by atoms with Crippen LogP contribution < -0.4 is 16.0 Å². The topological polar surface area (TPSA) is 83.3 Å². The van der Waals surface area contributed by atoms with Gasteiger partial charge in [0.1, 0.15) is 11.6 Å². The van der Waals surface area contributed by atoms with E-state index in [9.17, 15) is 9.18 Å². The number of benzene rings is 1. The second-order valence-electron chi connectivity index (χ2n) is 7.48. The Morgan fingerprint density at radius 3 is 2.55 bits per heavy atom. The highest BCUT2D eigenvalue weighted by molar-refractivity contribution is 14.0. The van der Waals surface area contributed by atoms with E-state index < -0.39 is 0 Å². The average molecular weight is 516 g/mol. The van der Waals surface area contributed by atoms with Crippen LogP contribution >= 0.6 is 24.0 Å². The van der Waals surface area contributed by atoms with Gasteiger partial charge in [0.25, 0.3) is 0 Å². The number of halogens is 2. The molecule has 0 aliphatic heterocycles. The third-order valence-electron chi connectivity index (χ3n) is 3.79. The molecule has 0 spiro atoms. The van der Waals surface area contributed by atoms with Crippen molar-refractivity contribution in [1.29, 1.82) is 0 Å². The molecule has 0 radical (unpaired) electrons. The zero-order chi connectivity index (χ0) is 20.7. The van der Waals surface area contributed by atoms with E-state index >= 15 is 0 Å². The number of aryl methyl sites for hydroxylation is 1. The molecule has 1 heterocycles. The minimum absolute atomic E-state index is 0. The van der Waals surface area contributed by atoms with Crippen molar-refractivity contribution in [1.82, 2.24) is 25.5 Å². The minimum Gasteiger partial charge on any atom is -0.357 e. The van der Waals surface area contributed by atoms with Gasteiger partial charge >= 0.3 is 0 Å². The Morgan fingerprint density at radius 2 is 2.00 bits per heavy atom. The van der Waals surface area contributed by atoms with Crippen molar-refractivity contribution in [3.8, 4) is 5.69 Å². The van der Waals surface area contributed by atoms with Gasteiger partial charge in [0.15, 0.2) is 5.96 Å². The summed E-state index contributed by atoms with van der Waals surface area (Å²) in [6.07, 6.45) is 3.36. The molecule has 0 bridgehead atoms. The van der Waals surface area contributed by atoms with Gasteiger partial charge in [-0.25, -0.2) is 14.4 Å². The number of carbonyl (C=O) groups excluding carboxylic acids is 1. The summed E-state index contributed by atoms with van der Waals surface area (Å²) in [7, 11) is 0. The molecule has 2 aromatic rings. The Hall–Kier alpha value is -2.17. The van der Waals surface area contributed by atoms with Crippen LogP contribution in [-0.2, 0) is 11.3 Å². The van der Waals surface area contributed by atoms with E-state index in [2.05, 4.69) is 25.9 Å². The van der Waals surface area contributed by atoms with E-state index in [1.165, 1.54) is 6.07 Å². The molecule has 1 amide bonds. The maximum Gasteiger partial charge on any atom is 0.239 e. The normalized spacial score (nSPS) is 11.6. The predicted octanol–water partition coefficient (Wildman–Crippen LogP) is 2.91. The molecular weight excluding hydrogens is 486 g/mol. The lowest BCUT2D eigenvalue weighted by Gasteiger charge is -2.21. The van der Waals surface area contributed by atoms with Crippen LogP contribution in [0.25, 0.3) is 5.69 Å². The molecule has 160 valence electrons. The van der Waals surface area contributed by atoms with Gasteiger partial charge in [-0.15, -0.1) is 24.0 Å². The summed E-state index contributed by atoms with van der Waals surface area (Å²) in [5.41, 5.74) is 0.892. The predicted molar refractivity (Wildman–Crippen MR) is 124 cm³/mol. The summed E-state index contributed by atoms with van der Waals surface area (Å²) in [6, 6.07) is 5.01. The molecule has 0 saturated carbocycles. The van der Waals surface area contributed by atoms with Gasteiger partial charge < -0.3 is 20.5 Å². The molecule has 0 unspecified atom stereocenters. The van der Waals surface area contributed by atoms with Crippen LogP contribution in [0.5, 0.6) is 0 Å². The monoisotopic (exact) mass is 516 g/mol. The molecule has 1 aromatic carbocycles. The molecular formula is C20H30FIN6O. The smallest absolute Gasteiger partial charge is 0.239 e. The molecule has 0 atom stereocenters. The number of carbonyl (C=O) groups is 1. The quantitative estimate of drug-likeness (QED) is 0.313. The van der Waals surface area contributed by atoms with Gasteiger partial charge in [0, 0.05) is 24.5 Å². The number of aliphatic imine (C=N–C) groups is 1. The highest BCUT2D eigenvalue weighted by Crippen LogP contribution is 2.17. The first-order chi connectivity index (χ1) is 13.2. The van der Waals surface area contributed by atoms with E-state index in [4.69, 9.17) is 0 Å². The van der Waals surface area contributed by atoms with E-state index in [-0.39, 0.29) is 54.3 Å². The van der Waals surface area contributed by atoms with E-state index in [0.717, 1.165) is 11.4 Å². The van der Waals surface area contributed by atoms with Gasteiger partial charge in [-0.2, -0.15) is 0 Å². The number of hydrogen-bond acceptors (Lipinski definition) is 3. The summed E-state index contributed by atoms with van der Waals surface area (Å²) in [4.78, 5) is 20.5. The van der Waals surface area contributed by atoms with Crippen LogP contribution in [0.1, 0.15) is 39.1 Å². The Morgan fingerprint density at radius 1 is 1.28 bits per heavy atom. The summed E-state index contributed by atoms with van der Waals surface area (Å²) in [5, 5.41) is 8.95. The molecule has 0 fully saturated rings. The van der Waals surface area contributed by atoms with Gasteiger partial charge in [0.2, 0.25) is 5.91 Å². The van der Waals surface area contributed by atoms with E-state index in [1.54, 1.807) is 23.0 Å². The highest BCUT2D eigenvalue weighted by atomic mass is 127. The Balaban J connectivity index is 0.00000420. The highest BCUT2D eigenvalue weighted by Gasteiger charge is 2.13. The SMILES string of the molecule is CCNC(=NCc1ccc(-n2ccnc2C)c(F)c1)NCC(=O)NC(C)(C)C.I. The second-order valence-corrected chi connectivity index (χ2v) is 7.48. The first-order valence-electron chi connectivity index (χ1n) is 9.31. The number of nitrogens with zero attached hydrogens (tertiary/aromatic N) is 3. The lowest BCUT2D eigenvalue weighted by Crippen LogP contribution is -2.48. The largest absolute Gasteiger partial charge is 0.357 e. The molecule has 7 nitrogen and oxygen atoms in total. The maximum atomic E-state index is 14.5. The molecule has 0 saturated heterocycles. The van der Waals surface area contributed by atoms with Crippen molar-refractivity contribution >= 4 is 35.8 Å². The number of imidazole rings is 1. The fourth-order valence-electron chi connectivity index (χ4n) is 2.62. The molecule has 3 N–H and O–H groups in total. The third kappa shape index (κ3) is 8.00. The van der Waals surface area contributed by atoms with Crippen LogP contribution in [0.3, 0.4) is 0 Å². The number of amides is 1. The molecule has 29 heavy (non-hydrogen) atoms. The summed E-state index contributed by atoms with van der Waals surface area (Å²) < 4.78 is 16.2. The third-order valence-corrected chi connectivity index (χ3v) is 3.79. The van der Waals surface area contributed by atoms with Crippen molar-refractivity contribution in [3.05, 3.63) is 47.8 Å². The molecule has 1 aromatic heterocycles. The Labute approximate surface area is 188 Å². The van der Waals surface area contributed by atoms with Crippen molar-refractivity contribution in [2.45, 2.75) is 46.7 Å². The lowest BCUT2D eigenvalue weighted by atomic mass is 10.1. The zero-order valence-electron chi connectivity index (χ0n) is 17.5. The van der Waals surface area contributed by atoms with Gasteiger partial charge in [-0.3, -0.25) is 4.79 Å². The number of guanidine groups is 1. The van der Waals surface area contributed by atoms with E-state index in [1.807, 2.05) is 40.7 Å². The van der Waals surface area contributed by atoms with Crippen molar-refractivity contribution in [2.75, 3.05) is 13.1 Å². The first-order valence-corrected chi connectivity index (χ1v) is 9.31. The number of aromatic nitrogens is 2. The van der Waals surface area contributed by atoms with Gasteiger partial charge in [-0.1, -0.05) is 6.07 Å². The van der Waals surface area contributed by atoms with Crippen molar-refractivity contribution in [2.24, 2.45) is 4.99 Å². The fourth-order valence-corrected chi connectivity index (χ4v) is 2.62. The Bertz CT molecular complexity index is 844. The van der Waals surface area contributed by atoms with Gasteiger partial charge in [0.05, 0.1) is 18.8 Å². The maximum absolute atomic E-state index is 14.5. The lowest BCUT2D eigenvalue weighted by molar-refractivity contribution is -0.121. The number of hydrogen-bond donors (Lipinski definition) is 3. The minimum atomic E-state index is -0.337. The van der Waals surface area contributed by atoms with E-state index in [0.29, 0.717) is 18.2 Å². The zero-order valence-corrected chi connectivity index (χ0v) is 19.9. The fraction of sp³-hybridized carbons (Fsp3) is 0.450. The molecule has 0 aliphatic rings. The molecule has 0 aliphatic carbocycles. The van der Waals surface area contributed by atoms with Crippen LogP contribution in [0.2, 0.25) is 0 Å². The standard InChI is InChI=1S/C20H29FN6O.HI/c1-6-22-19(25-13-18(28)26-20(3,4)5)24-12-15-7-8-17(16(21)11-15)27-10-9-23-14(27)2;/h7-11H,6,12-13H2,1-5H3,(H,26,28)(H2,22,24,25);1H. The summed E-state index contributed by atoms with van der Waals surface area (Å²) >= 11 is 0. The van der Waals surface area contributed by atoms with Crippen LogP contribution in [-0.4, -0.2) is 40.0 Å². The number of rotatable bonds is 6. The second kappa shape index (κ2) is 11.1. The average Bonchev–Trinajstić information content (AvgIpc) is 3.02. The van der Waals surface area contributed by atoms with Crippen LogP contribution in [0, 0.1) is 12.7 Å². The van der Waals surface area contributed by atoms with Crippen LogP contribution in [0.4, 0.5) is 4.39 Å². The molecule has 9 heteroatoms. The molecule has 2 rings (SSSR count). The van der Waals surface area contributed by atoms with Gasteiger partial charge in [-0.05, 0) is 52.3 Å². The first kappa shape index (κ1) is 24.9. The summed E-state index contributed by atoms with van der Waals surface area (Å²) in [6.45, 7) is 10.6. The van der Waals surface area contributed by atoms with Crippen LogP contribution in [0.15, 0.2) is 35.6 Å². The number of nitrogens with one attached hydrogen (secondary N) is 3. The van der Waals surface area contributed by atoms with Crippen molar-refractivity contribution in [3.63, 3.8) is 0 Å². The van der Waals surface area contributed by atoms with Crippen molar-refractivity contribution < 1.29 is 9.18 Å². The summed E-state index contributed by atoms with van der Waals surface area (Å²) in [5.74, 6) is 0.763.